The van der Waals surface area contributed by atoms with Gasteiger partial charge in [-0.2, -0.15) is 18.3 Å². The molecule has 0 aliphatic carbocycles. The first kappa shape index (κ1) is 24.0. The number of hydrogen-bond donors (Lipinski definition) is 0. The molecule has 1 saturated heterocycles. The fraction of sp³-hybridized carbons (Fsp3) is 0.500. The number of fused-ring (bicyclic) bond motifs is 1. The molecule has 3 aliphatic rings. The molecule has 0 spiro atoms. The maximum absolute atomic E-state index is 13.5. The zero-order chi connectivity index (χ0) is 25.4. The molecular formula is C22H25F3N8O3. The Labute approximate surface area is 204 Å². The number of hydrogen-bond acceptors (Lipinski definition) is 9. The topological polar surface area (TPSA) is 101 Å². The van der Waals surface area contributed by atoms with Crippen molar-refractivity contribution in [2.45, 2.75) is 31.7 Å². The van der Waals surface area contributed by atoms with Gasteiger partial charge in [0.15, 0.2) is 0 Å². The SMILES string of the molecule is COC1=NCN(N2CCc3ncnc(OC4CCN(C(=O)c5ccnn5C)C4)c3C2)C=C1C(F)(F)F. The number of ether oxygens (including phenoxy) is 2. The Kier molecular flexibility index (Phi) is 6.28. The first-order valence-corrected chi connectivity index (χ1v) is 11.4. The Balaban J connectivity index is 1.29. The van der Waals surface area contributed by atoms with Crippen LogP contribution in [0.4, 0.5) is 13.2 Å². The molecule has 1 atom stereocenters. The quantitative estimate of drug-likeness (QED) is 0.616. The third kappa shape index (κ3) is 4.59. The Morgan fingerprint density at radius 1 is 1.22 bits per heavy atom. The van der Waals surface area contributed by atoms with Crippen LogP contribution in [0.5, 0.6) is 5.88 Å². The van der Waals surface area contributed by atoms with Crippen molar-refractivity contribution in [2.24, 2.45) is 12.0 Å². The van der Waals surface area contributed by atoms with Gasteiger partial charge in [-0.15, -0.1) is 0 Å². The number of aryl methyl sites for hydroxylation is 1. The standard InChI is InChI=1S/C22H25F3N8O3/c1-30-18(3-6-29-30)21(34)31-7-4-14(9-31)36-19-15-10-32(8-5-17(15)26-12-27-19)33-11-16(22(23,24)25)20(35-2)28-13-33/h3,6,11-12,14H,4-5,7-10,13H2,1-2H3. The van der Waals surface area contributed by atoms with Gasteiger partial charge in [-0.3, -0.25) is 14.5 Å². The van der Waals surface area contributed by atoms with Gasteiger partial charge in [0.05, 0.1) is 31.5 Å². The molecule has 0 radical (unpaired) electrons. The molecule has 0 bridgehead atoms. The fourth-order valence-corrected chi connectivity index (χ4v) is 4.54. The van der Waals surface area contributed by atoms with Gasteiger partial charge in [0.1, 0.15) is 30.4 Å². The van der Waals surface area contributed by atoms with Crippen molar-refractivity contribution in [1.29, 1.82) is 0 Å². The third-order valence-corrected chi connectivity index (χ3v) is 6.42. The third-order valence-electron chi connectivity index (χ3n) is 6.42. The lowest BCUT2D eigenvalue weighted by atomic mass is 10.1. The van der Waals surface area contributed by atoms with Crippen molar-refractivity contribution in [3.63, 3.8) is 0 Å². The van der Waals surface area contributed by atoms with E-state index in [0.29, 0.717) is 49.6 Å². The molecule has 11 nitrogen and oxygen atoms in total. The predicted octanol–water partition coefficient (Wildman–Crippen LogP) is 1.54. The van der Waals surface area contributed by atoms with Crippen LogP contribution in [0, 0.1) is 0 Å². The number of amides is 1. The number of halogens is 3. The van der Waals surface area contributed by atoms with E-state index in [-0.39, 0.29) is 25.2 Å². The van der Waals surface area contributed by atoms with E-state index in [1.54, 1.807) is 29.2 Å². The highest BCUT2D eigenvalue weighted by molar-refractivity contribution is 5.95. The molecule has 1 amide bonds. The second-order valence-corrected chi connectivity index (χ2v) is 8.65. The van der Waals surface area contributed by atoms with E-state index in [1.807, 2.05) is 0 Å². The summed E-state index contributed by atoms with van der Waals surface area (Å²) in [6, 6.07) is 1.67. The minimum atomic E-state index is -4.60. The molecular weight excluding hydrogens is 481 g/mol. The molecule has 0 saturated carbocycles. The van der Waals surface area contributed by atoms with Crippen molar-refractivity contribution in [3.8, 4) is 5.88 Å². The van der Waals surface area contributed by atoms with Crippen LogP contribution in [-0.2, 0) is 24.8 Å². The van der Waals surface area contributed by atoms with E-state index >= 15 is 0 Å². The monoisotopic (exact) mass is 506 g/mol. The lowest BCUT2D eigenvalue weighted by molar-refractivity contribution is -0.0927. The van der Waals surface area contributed by atoms with Crippen LogP contribution in [0.1, 0.15) is 28.2 Å². The second-order valence-electron chi connectivity index (χ2n) is 8.65. The average Bonchev–Trinajstić information content (AvgIpc) is 3.51. The number of carbonyl (C=O) groups excluding carboxylic acids is 1. The number of hydrazine groups is 1. The maximum atomic E-state index is 13.5. The zero-order valence-corrected chi connectivity index (χ0v) is 19.8. The van der Waals surface area contributed by atoms with Crippen LogP contribution in [0.3, 0.4) is 0 Å². The maximum Gasteiger partial charge on any atom is 0.423 e. The van der Waals surface area contributed by atoms with E-state index in [9.17, 15) is 18.0 Å². The van der Waals surface area contributed by atoms with Gasteiger partial charge in [0, 0.05) is 45.4 Å². The molecule has 3 aliphatic heterocycles. The highest BCUT2D eigenvalue weighted by Gasteiger charge is 2.41. The molecule has 0 aromatic carbocycles. The van der Waals surface area contributed by atoms with E-state index in [0.717, 1.165) is 11.9 Å². The van der Waals surface area contributed by atoms with E-state index in [1.165, 1.54) is 23.1 Å². The van der Waals surface area contributed by atoms with Gasteiger partial charge < -0.3 is 14.4 Å². The second kappa shape index (κ2) is 9.41. The summed E-state index contributed by atoms with van der Waals surface area (Å²) in [4.78, 5) is 27.1. The van der Waals surface area contributed by atoms with Crippen molar-refractivity contribution >= 4 is 11.8 Å². The molecule has 0 N–H and O–H groups in total. The van der Waals surface area contributed by atoms with E-state index in [4.69, 9.17) is 9.47 Å². The van der Waals surface area contributed by atoms with Crippen LogP contribution < -0.4 is 4.74 Å². The summed E-state index contributed by atoms with van der Waals surface area (Å²) in [6.45, 7) is 1.64. The average molecular weight is 506 g/mol. The summed E-state index contributed by atoms with van der Waals surface area (Å²) in [5.74, 6) is -0.178. The van der Waals surface area contributed by atoms with E-state index in [2.05, 4.69) is 20.1 Å². The Bertz CT molecular complexity index is 1210. The van der Waals surface area contributed by atoms with Crippen LogP contribution in [0.15, 0.2) is 35.4 Å². The van der Waals surface area contributed by atoms with Crippen molar-refractivity contribution in [2.75, 3.05) is 33.4 Å². The predicted molar refractivity (Wildman–Crippen MR) is 120 cm³/mol. The summed E-state index contributed by atoms with van der Waals surface area (Å²) >= 11 is 0. The Hall–Kier alpha value is -3.68. The van der Waals surface area contributed by atoms with Crippen molar-refractivity contribution in [3.05, 3.63) is 47.3 Å². The van der Waals surface area contributed by atoms with Crippen molar-refractivity contribution in [1.82, 2.24) is 34.7 Å². The lowest BCUT2D eigenvalue weighted by Crippen LogP contribution is -2.45. The van der Waals surface area contributed by atoms with Crippen LogP contribution in [0.25, 0.3) is 0 Å². The summed E-state index contributed by atoms with van der Waals surface area (Å²) in [7, 11) is 2.88. The molecule has 5 rings (SSSR count). The number of nitrogens with zero attached hydrogens (tertiary/aromatic N) is 8. The highest BCUT2D eigenvalue weighted by Crippen LogP contribution is 2.32. The van der Waals surface area contributed by atoms with Gasteiger partial charge in [-0.25, -0.2) is 20.0 Å². The number of carbonyl (C=O) groups is 1. The molecule has 2 aromatic rings. The number of likely N-dealkylation sites (tertiary alicyclic amines) is 1. The van der Waals surface area contributed by atoms with Gasteiger partial charge in [-0.05, 0) is 6.07 Å². The number of methoxy groups -OCH3 is 1. The normalized spacial score (nSPS) is 20.6. The van der Waals surface area contributed by atoms with E-state index < -0.39 is 17.6 Å². The lowest BCUT2D eigenvalue weighted by Gasteiger charge is -2.38. The largest absolute Gasteiger partial charge is 0.481 e. The number of aromatic nitrogens is 4. The van der Waals surface area contributed by atoms with Gasteiger partial charge in [0.25, 0.3) is 5.91 Å². The molecule has 1 fully saturated rings. The minimum absolute atomic E-state index is 0.00429. The van der Waals surface area contributed by atoms with Crippen LogP contribution >= 0.6 is 0 Å². The Morgan fingerprint density at radius 2 is 2.06 bits per heavy atom. The van der Waals surface area contributed by atoms with Crippen molar-refractivity contribution < 1.29 is 27.4 Å². The van der Waals surface area contributed by atoms with Crippen LogP contribution in [-0.4, -0.2) is 92.2 Å². The molecule has 14 heteroatoms. The fourth-order valence-electron chi connectivity index (χ4n) is 4.54. The van der Waals surface area contributed by atoms with Crippen LogP contribution in [0.2, 0.25) is 0 Å². The highest BCUT2D eigenvalue weighted by atomic mass is 19.4. The number of rotatable bonds is 4. The summed E-state index contributed by atoms with van der Waals surface area (Å²) in [6.07, 6.45) is 0.292. The number of alkyl halides is 3. The summed E-state index contributed by atoms with van der Waals surface area (Å²) in [5.41, 5.74) is 1.06. The zero-order valence-electron chi connectivity index (χ0n) is 19.8. The molecule has 5 heterocycles. The smallest absolute Gasteiger partial charge is 0.423 e. The number of aliphatic imine (C=N–C) groups is 1. The van der Waals surface area contributed by atoms with Gasteiger partial charge in [0.2, 0.25) is 11.8 Å². The molecule has 2 aromatic heterocycles. The summed E-state index contributed by atoms with van der Waals surface area (Å²) in [5, 5.41) is 7.23. The molecule has 36 heavy (non-hydrogen) atoms. The Morgan fingerprint density at radius 3 is 2.78 bits per heavy atom. The summed E-state index contributed by atoms with van der Waals surface area (Å²) < 4.78 is 53.0. The first-order chi connectivity index (χ1) is 17.2. The minimum Gasteiger partial charge on any atom is -0.481 e. The van der Waals surface area contributed by atoms with Gasteiger partial charge in [-0.1, -0.05) is 0 Å². The molecule has 192 valence electrons. The molecule has 1 unspecified atom stereocenters. The van der Waals surface area contributed by atoms with Gasteiger partial charge >= 0.3 is 6.18 Å². The first-order valence-electron chi connectivity index (χ1n) is 11.4.